The Balaban J connectivity index is 2.08. The van der Waals surface area contributed by atoms with E-state index in [9.17, 15) is 35.6 Å². The predicted octanol–water partition coefficient (Wildman–Crippen LogP) is 2.12. The molecule has 2 amide bonds. The van der Waals surface area contributed by atoms with E-state index in [1.54, 1.807) is 0 Å². The molecule has 2 aromatic rings. The van der Waals surface area contributed by atoms with Crippen molar-refractivity contribution in [2.75, 3.05) is 18.9 Å². The van der Waals surface area contributed by atoms with Crippen LogP contribution >= 0.6 is 0 Å². The molecule has 2 rings (SSSR count). The third-order valence-electron chi connectivity index (χ3n) is 3.62. The number of halogens is 4. The lowest BCUT2D eigenvalue weighted by molar-refractivity contribution is -0.137. The number of anilines is 1. The van der Waals surface area contributed by atoms with Gasteiger partial charge in [0, 0.05) is 12.7 Å². The van der Waals surface area contributed by atoms with Gasteiger partial charge < -0.3 is 10.6 Å². The summed E-state index contributed by atoms with van der Waals surface area (Å²) in [5, 5.41) is 4.47. The SMILES string of the molecule is CNC(=O)c1cc(NC(=O)CNS(=O)(=O)c2cccc(C(F)(F)F)c2)ccc1F. The molecular weight excluding hydrogens is 418 g/mol. The van der Waals surface area contributed by atoms with Crippen LogP contribution in [0.3, 0.4) is 0 Å². The predicted molar refractivity (Wildman–Crippen MR) is 95.1 cm³/mol. The molecule has 0 atom stereocenters. The minimum Gasteiger partial charge on any atom is -0.355 e. The van der Waals surface area contributed by atoms with Crippen LogP contribution in [0.4, 0.5) is 23.2 Å². The van der Waals surface area contributed by atoms with E-state index in [1.165, 1.54) is 7.05 Å². The molecule has 0 fully saturated rings. The number of nitrogens with one attached hydrogen (secondary N) is 3. The molecule has 0 aromatic heterocycles. The average molecular weight is 433 g/mol. The summed E-state index contributed by atoms with van der Waals surface area (Å²) in [6.45, 7) is -0.800. The van der Waals surface area contributed by atoms with Crippen molar-refractivity contribution >= 4 is 27.5 Å². The van der Waals surface area contributed by atoms with Gasteiger partial charge in [-0.1, -0.05) is 6.07 Å². The van der Waals surface area contributed by atoms with Gasteiger partial charge in [0.25, 0.3) is 5.91 Å². The van der Waals surface area contributed by atoms with Gasteiger partial charge in [-0.05, 0) is 36.4 Å². The van der Waals surface area contributed by atoms with Crippen LogP contribution in [-0.2, 0) is 21.0 Å². The molecule has 156 valence electrons. The molecular formula is C17H15F4N3O4S. The summed E-state index contributed by atoms with van der Waals surface area (Å²) in [5.74, 6) is -2.44. The molecule has 0 spiro atoms. The van der Waals surface area contributed by atoms with Gasteiger partial charge in [0.1, 0.15) is 5.82 Å². The van der Waals surface area contributed by atoms with E-state index in [0.29, 0.717) is 12.1 Å². The monoisotopic (exact) mass is 433 g/mol. The van der Waals surface area contributed by atoms with E-state index in [0.717, 1.165) is 30.3 Å². The van der Waals surface area contributed by atoms with Gasteiger partial charge in [0.05, 0.1) is 22.6 Å². The highest BCUT2D eigenvalue weighted by atomic mass is 32.2. The second kappa shape index (κ2) is 8.57. The Bertz CT molecular complexity index is 1040. The van der Waals surface area contributed by atoms with Crippen molar-refractivity contribution in [2.45, 2.75) is 11.1 Å². The van der Waals surface area contributed by atoms with Gasteiger partial charge in [0.15, 0.2) is 0 Å². The number of sulfonamides is 1. The van der Waals surface area contributed by atoms with E-state index >= 15 is 0 Å². The minimum atomic E-state index is -4.73. The number of carbonyl (C=O) groups is 2. The van der Waals surface area contributed by atoms with Crippen LogP contribution in [0.15, 0.2) is 47.4 Å². The van der Waals surface area contributed by atoms with Crippen molar-refractivity contribution < 1.29 is 35.6 Å². The van der Waals surface area contributed by atoms with E-state index in [2.05, 4.69) is 10.6 Å². The summed E-state index contributed by atoms with van der Waals surface area (Å²) in [6.07, 6.45) is -4.73. The number of hydrogen-bond donors (Lipinski definition) is 3. The third kappa shape index (κ3) is 5.74. The van der Waals surface area contributed by atoms with E-state index in [-0.39, 0.29) is 11.3 Å². The Kier molecular flexibility index (Phi) is 6.59. The zero-order chi connectivity index (χ0) is 21.8. The number of alkyl halides is 3. The first-order chi connectivity index (χ1) is 13.4. The third-order valence-corrected chi connectivity index (χ3v) is 5.02. The highest BCUT2D eigenvalue weighted by Crippen LogP contribution is 2.30. The van der Waals surface area contributed by atoms with Crippen LogP contribution in [0.1, 0.15) is 15.9 Å². The van der Waals surface area contributed by atoms with Gasteiger partial charge in [-0.2, -0.15) is 13.2 Å². The zero-order valence-corrected chi connectivity index (χ0v) is 15.6. The molecule has 2 aromatic carbocycles. The van der Waals surface area contributed by atoms with E-state index < -0.39 is 50.8 Å². The maximum absolute atomic E-state index is 13.6. The second-order valence-corrected chi connectivity index (χ2v) is 7.44. The number of rotatable bonds is 6. The number of benzene rings is 2. The van der Waals surface area contributed by atoms with Gasteiger partial charge in [-0.25, -0.2) is 17.5 Å². The number of carbonyl (C=O) groups excluding carboxylic acids is 2. The van der Waals surface area contributed by atoms with E-state index in [1.807, 2.05) is 4.72 Å². The van der Waals surface area contributed by atoms with Crippen LogP contribution < -0.4 is 15.4 Å². The summed E-state index contributed by atoms with van der Waals surface area (Å²) < 4.78 is 77.9. The summed E-state index contributed by atoms with van der Waals surface area (Å²) in [6, 6.07) is 6.17. The molecule has 0 saturated heterocycles. The van der Waals surface area contributed by atoms with Gasteiger partial charge in [0.2, 0.25) is 15.9 Å². The van der Waals surface area contributed by atoms with Crippen molar-refractivity contribution in [3.8, 4) is 0 Å². The van der Waals surface area contributed by atoms with Crippen molar-refractivity contribution in [3.63, 3.8) is 0 Å². The van der Waals surface area contributed by atoms with Crippen LogP contribution in [0.5, 0.6) is 0 Å². The Morgan fingerprint density at radius 2 is 1.76 bits per heavy atom. The van der Waals surface area contributed by atoms with Gasteiger partial charge in [-0.15, -0.1) is 0 Å². The fraction of sp³-hybridized carbons (Fsp3) is 0.176. The van der Waals surface area contributed by atoms with Crippen LogP contribution in [0.25, 0.3) is 0 Å². The smallest absolute Gasteiger partial charge is 0.355 e. The summed E-state index contributed by atoms with van der Waals surface area (Å²) in [7, 11) is -3.11. The highest BCUT2D eigenvalue weighted by Gasteiger charge is 2.31. The largest absolute Gasteiger partial charge is 0.416 e. The topological polar surface area (TPSA) is 104 Å². The summed E-state index contributed by atoms with van der Waals surface area (Å²) in [4.78, 5) is 22.8. The fourth-order valence-electron chi connectivity index (χ4n) is 2.20. The van der Waals surface area contributed by atoms with E-state index in [4.69, 9.17) is 0 Å². The van der Waals surface area contributed by atoms with Crippen LogP contribution in [0.2, 0.25) is 0 Å². The second-order valence-electron chi connectivity index (χ2n) is 5.67. The molecule has 7 nitrogen and oxygen atoms in total. The molecule has 0 saturated carbocycles. The molecule has 0 radical (unpaired) electrons. The first-order valence-electron chi connectivity index (χ1n) is 7.92. The maximum Gasteiger partial charge on any atom is 0.416 e. The zero-order valence-electron chi connectivity index (χ0n) is 14.8. The lowest BCUT2D eigenvalue weighted by atomic mass is 10.1. The number of hydrogen-bond acceptors (Lipinski definition) is 4. The lowest BCUT2D eigenvalue weighted by Crippen LogP contribution is -2.33. The molecule has 0 unspecified atom stereocenters. The maximum atomic E-state index is 13.6. The molecule has 29 heavy (non-hydrogen) atoms. The van der Waals surface area contributed by atoms with Crippen molar-refractivity contribution in [3.05, 3.63) is 59.4 Å². The van der Waals surface area contributed by atoms with Crippen LogP contribution in [-0.4, -0.2) is 33.8 Å². The highest BCUT2D eigenvalue weighted by molar-refractivity contribution is 7.89. The van der Waals surface area contributed by atoms with Crippen molar-refractivity contribution in [2.24, 2.45) is 0 Å². The Morgan fingerprint density at radius 3 is 2.38 bits per heavy atom. The quantitative estimate of drug-likeness (QED) is 0.607. The Labute approximate surface area is 163 Å². The molecule has 0 aliphatic heterocycles. The fourth-order valence-corrected chi connectivity index (χ4v) is 3.23. The number of amides is 2. The van der Waals surface area contributed by atoms with Gasteiger partial charge >= 0.3 is 6.18 Å². The standard InChI is InChI=1S/C17H15F4N3O4S/c1-22-16(26)13-8-11(5-6-14(13)18)24-15(25)9-23-29(27,28)12-4-2-3-10(7-12)17(19,20)21/h2-8,23H,9H2,1H3,(H,22,26)(H,24,25). The minimum absolute atomic E-state index is 0.0215. The molecule has 0 aliphatic rings. The molecule has 3 N–H and O–H groups in total. The first kappa shape index (κ1) is 22.3. The average Bonchev–Trinajstić information content (AvgIpc) is 2.67. The molecule has 0 bridgehead atoms. The van der Waals surface area contributed by atoms with Crippen LogP contribution in [0, 0.1) is 5.82 Å². The lowest BCUT2D eigenvalue weighted by Gasteiger charge is -2.11. The summed E-state index contributed by atoms with van der Waals surface area (Å²) >= 11 is 0. The normalized spacial score (nSPS) is 11.8. The summed E-state index contributed by atoms with van der Waals surface area (Å²) in [5.41, 5.74) is -1.47. The molecule has 0 aliphatic carbocycles. The Hall–Kier alpha value is -2.99. The van der Waals surface area contributed by atoms with Gasteiger partial charge in [-0.3, -0.25) is 9.59 Å². The molecule has 12 heteroatoms. The molecule has 0 heterocycles. The first-order valence-corrected chi connectivity index (χ1v) is 9.41. The van der Waals surface area contributed by atoms with Crippen molar-refractivity contribution in [1.29, 1.82) is 0 Å². The Morgan fingerprint density at radius 1 is 1.07 bits per heavy atom. The van der Waals surface area contributed by atoms with Crippen molar-refractivity contribution in [1.82, 2.24) is 10.0 Å².